The van der Waals surface area contributed by atoms with E-state index in [1.54, 1.807) is 0 Å². The Morgan fingerprint density at radius 3 is 2.33 bits per heavy atom. The Morgan fingerprint density at radius 2 is 1.81 bits per heavy atom. The van der Waals surface area contributed by atoms with Crippen LogP contribution in [0.15, 0.2) is 0 Å². The molecule has 0 saturated carbocycles. The molecule has 21 heavy (non-hydrogen) atoms. The van der Waals surface area contributed by atoms with Crippen molar-refractivity contribution in [1.29, 1.82) is 0 Å². The van der Waals surface area contributed by atoms with Gasteiger partial charge in [-0.3, -0.25) is 4.79 Å². The number of carbonyl (C=O) groups excluding carboxylic acids is 1. The van der Waals surface area contributed by atoms with E-state index in [0.717, 1.165) is 30.8 Å². The van der Waals surface area contributed by atoms with Gasteiger partial charge in [0, 0.05) is 26.1 Å². The van der Waals surface area contributed by atoms with Gasteiger partial charge in [-0.2, -0.15) is 0 Å². The molecule has 2 unspecified atom stereocenters. The van der Waals surface area contributed by atoms with Gasteiger partial charge in [-0.1, -0.05) is 27.7 Å². The topological polar surface area (TPSA) is 23.6 Å². The molecule has 0 aliphatic carbocycles. The molecule has 122 valence electrons. The van der Waals surface area contributed by atoms with Crippen LogP contribution in [0.3, 0.4) is 0 Å². The van der Waals surface area contributed by atoms with Crippen LogP contribution in [-0.2, 0) is 4.79 Å². The van der Waals surface area contributed by atoms with Crippen molar-refractivity contribution in [1.82, 2.24) is 9.80 Å². The minimum atomic E-state index is 0.332. The van der Waals surface area contributed by atoms with Crippen molar-refractivity contribution in [2.75, 3.05) is 32.7 Å². The van der Waals surface area contributed by atoms with E-state index in [1.165, 1.54) is 38.9 Å². The molecule has 2 fully saturated rings. The van der Waals surface area contributed by atoms with Gasteiger partial charge in [0.2, 0.25) is 5.91 Å². The molecule has 0 spiro atoms. The summed E-state index contributed by atoms with van der Waals surface area (Å²) in [6.07, 6.45) is 4.59. The van der Waals surface area contributed by atoms with E-state index < -0.39 is 0 Å². The molecule has 2 saturated heterocycles. The van der Waals surface area contributed by atoms with E-state index in [-0.39, 0.29) is 0 Å². The zero-order valence-electron chi connectivity index (χ0n) is 14.5. The molecule has 3 nitrogen and oxygen atoms in total. The lowest BCUT2D eigenvalue weighted by Crippen LogP contribution is -2.47. The molecule has 0 aromatic heterocycles. The Labute approximate surface area is 131 Å². The van der Waals surface area contributed by atoms with E-state index >= 15 is 0 Å². The lowest BCUT2D eigenvalue weighted by Gasteiger charge is -2.41. The molecule has 2 heterocycles. The number of hydrogen-bond acceptors (Lipinski definition) is 2. The molecule has 2 rings (SSSR count). The highest BCUT2D eigenvalue weighted by Gasteiger charge is 2.30. The fourth-order valence-corrected chi connectivity index (χ4v) is 4.05. The van der Waals surface area contributed by atoms with Crippen LogP contribution < -0.4 is 0 Å². The molecule has 1 amide bonds. The molecule has 2 aliphatic heterocycles. The molecule has 0 N–H and O–H groups in total. The first-order valence-corrected chi connectivity index (χ1v) is 9.01. The Hall–Kier alpha value is -0.570. The van der Waals surface area contributed by atoms with Gasteiger partial charge in [0.1, 0.15) is 0 Å². The third kappa shape index (κ3) is 4.45. The monoisotopic (exact) mass is 294 g/mol. The van der Waals surface area contributed by atoms with E-state index in [0.29, 0.717) is 18.2 Å². The van der Waals surface area contributed by atoms with Crippen molar-refractivity contribution in [3.8, 4) is 0 Å². The van der Waals surface area contributed by atoms with Gasteiger partial charge in [0.15, 0.2) is 0 Å². The average Bonchev–Trinajstić information content (AvgIpc) is 2.49. The van der Waals surface area contributed by atoms with Crippen LogP contribution in [-0.4, -0.2) is 48.4 Å². The molecule has 0 bridgehead atoms. The normalized spacial score (nSPS) is 29.1. The van der Waals surface area contributed by atoms with Gasteiger partial charge < -0.3 is 9.80 Å². The minimum absolute atomic E-state index is 0.332. The third-order valence-corrected chi connectivity index (χ3v) is 5.81. The maximum absolute atomic E-state index is 11.8. The summed E-state index contributed by atoms with van der Waals surface area (Å²) in [6.45, 7) is 14.8. The Balaban J connectivity index is 1.76. The second kappa shape index (κ2) is 7.62. The number of amides is 1. The highest BCUT2D eigenvalue weighted by molar-refractivity contribution is 5.75. The number of hydrogen-bond donors (Lipinski definition) is 0. The summed E-state index contributed by atoms with van der Waals surface area (Å²) < 4.78 is 0. The summed E-state index contributed by atoms with van der Waals surface area (Å²) >= 11 is 0. The third-order valence-electron chi connectivity index (χ3n) is 5.81. The summed E-state index contributed by atoms with van der Waals surface area (Å²) in [5.41, 5.74) is 0. The highest BCUT2D eigenvalue weighted by atomic mass is 16.2. The van der Waals surface area contributed by atoms with Crippen LogP contribution in [0.4, 0.5) is 0 Å². The van der Waals surface area contributed by atoms with Gasteiger partial charge >= 0.3 is 0 Å². The van der Waals surface area contributed by atoms with Crippen LogP contribution in [0.2, 0.25) is 0 Å². The molecule has 2 atom stereocenters. The molecule has 2 aliphatic rings. The Kier molecular flexibility index (Phi) is 6.09. The smallest absolute Gasteiger partial charge is 0.222 e. The van der Waals surface area contributed by atoms with Gasteiger partial charge in [0.25, 0.3) is 0 Å². The molecule has 0 radical (unpaired) electrons. The lowest BCUT2D eigenvalue weighted by molar-refractivity contribution is -0.133. The van der Waals surface area contributed by atoms with Crippen LogP contribution >= 0.6 is 0 Å². The van der Waals surface area contributed by atoms with Gasteiger partial charge in [-0.05, 0) is 56.0 Å². The Bertz CT molecular complexity index is 334. The molecule has 3 heteroatoms. The zero-order valence-corrected chi connectivity index (χ0v) is 14.5. The summed E-state index contributed by atoms with van der Waals surface area (Å²) in [5, 5.41) is 0. The summed E-state index contributed by atoms with van der Waals surface area (Å²) in [4.78, 5) is 16.6. The van der Waals surface area contributed by atoms with Gasteiger partial charge in [0.05, 0.1) is 0 Å². The van der Waals surface area contributed by atoms with Crippen molar-refractivity contribution < 1.29 is 4.79 Å². The van der Waals surface area contributed by atoms with Crippen LogP contribution in [0.1, 0.15) is 53.4 Å². The van der Waals surface area contributed by atoms with Crippen molar-refractivity contribution in [2.24, 2.45) is 23.7 Å². The molecule has 0 aromatic carbocycles. The van der Waals surface area contributed by atoms with Crippen molar-refractivity contribution in [3.05, 3.63) is 0 Å². The zero-order chi connectivity index (χ0) is 15.4. The fourth-order valence-electron chi connectivity index (χ4n) is 4.05. The lowest BCUT2D eigenvalue weighted by atomic mass is 9.83. The summed E-state index contributed by atoms with van der Waals surface area (Å²) in [5.74, 6) is 3.54. The molecular weight excluding hydrogens is 260 g/mol. The first kappa shape index (κ1) is 16.8. The van der Waals surface area contributed by atoms with Crippen LogP contribution in [0.5, 0.6) is 0 Å². The quantitative estimate of drug-likeness (QED) is 0.794. The van der Waals surface area contributed by atoms with Crippen molar-refractivity contribution >= 4 is 5.91 Å². The van der Waals surface area contributed by atoms with Crippen molar-refractivity contribution in [2.45, 2.75) is 53.4 Å². The predicted molar refractivity (Wildman–Crippen MR) is 88.1 cm³/mol. The number of nitrogens with zero attached hydrogens (tertiary/aromatic N) is 2. The van der Waals surface area contributed by atoms with E-state index in [4.69, 9.17) is 0 Å². The minimum Gasteiger partial charge on any atom is -0.342 e. The second-order valence-electron chi connectivity index (χ2n) is 7.60. The van der Waals surface area contributed by atoms with Crippen LogP contribution in [0.25, 0.3) is 0 Å². The van der Waals surface area contributed by atoms with E-state index in [2.05, 4.69) is 30.6 Å². The number of likely N-dealkylation sites (tertiary alicyclic amines) is 2. The first-order valence-electron chi connectivity index (χ1n) is 9.01. The maximum Gasteiger partial charge on any atom is 0.222 e. The van der Waals surface area contributed by atoms with Crippen LogP contribution in [0, 0.1) is 23.7 Å². The molecule has 0 aromatic rings. The van der Waals surface area contributed by atoms with E-state index in [9.17, 15) is 4.79 Å². The van der Waals surface area contributed by atoms with Crippen molar-refractivity contribution in [3.63, 3.8) is 0 Å². The largest absolute Gasteiger partial charge is 0.342 e. The second-order valence-corrected chi connectivity index (χ2v) is 7.60. The number of carbonyl (C=O) groups is 1. The number of piperidine rings is 2. The number of rotatable bonds is 4. The average molecular weight is 294 g/mol. The Morgan fingerprint density at radius 1 is 1.14 bits per heavy atom. The maximum atomic E-state index is 11.8. The van der Waals surface area contributed by atoms with E-state index in [1.807, 2.05) is 6.92 Å². The van der Waals surface area contributed by atoms with Gasteiger partial charge in [-0.15, -0.1) is 0 Å². The first-order chi connectivity index (χ1) is 10.0. The summed E-state index contributed by atoms with van der Waals surface area (Å²) in [6, 6.07) is 0. The standard InChI is InChI=1S/C18H34N2O/c1-5-18(21)20-11-8-17(15(4)12-20)13-19-9-6-16(7-10-19)14(2)3/h14-17H,5-13H2,1-4H3. The highest BCUT2D eigenvalue weighted by Crippen LogP contribution is 2.28. The predicted octanol–water partition coefficient (Wildman–Crippen LogP) is 3.25. The van der Waals surface area contributed by atoms with Gasteiger partial charge in [-0.25, -0.2) is 0 Å². The SMILES string of the molecule is CCC(=O)N1CCC(CN2CCC(C(C)C)CC2)C(C)C1. The molecular formula is C18H34N2O. The fraction of sp³-hybridized carbons (Fsp3) is 0.944. The summed E-state index contributed by atoms with van der Waals surface area (Å²) in [7, 11) is 0.